The second kappa shape index (κ2) is 17.8. The molecule has 0 bridgehead atoms. The minimum atomic E-state index is -7.22. The Morgan fingerprint density at radius 3 is 1.03 bits per heavy atom. The maximum absolute atomic E-state index is 15.4. The second-order valence-corrected chi connectivity index (χ2v) is 14.4. The van der Waals surface area contributed by atoms with Crippen LogP contribution in [-0.4, -0.2) is 11.9 Å². The van der Waals surface area contributed by atoms with E-state index >= 15 is 35.1 Å². The zero-order valence-corrected chi connectivity index (χ0v) is 32.5. The zero-order chi connectivity index (χ0) is 48.3. The van der Waals surface area contributed by atoms with Gasteiger partial charge in [-0.1, -0.05) is 52.3 Å². The van der Waals surface area contributed by atoms with Crippen LogP contribution in [0.3, 0.4) is 0 Å². The van der Waals surface area contributed by atoms with Crippen molar-refractivity contribution in [2.75, 3.05) is 0 Å². The third-order valence-electron chi connectivity index (χ3n) is 9.93. The van der Waals surface area contributed by atoms with Gasteiger partial charge in [-0.3, -0.25) is 4.79 Å². The first-order chi connectivity index (χ1) is 30.4. The molecule has 0 radical (unpaired) electrons. The molecule has 1 aromatic heterocycles. The van der Waals surface area contributed by atoms with Crippen LogP contribution in [0.4, 0.5) is 87.8 Å². The van der Waals surface area contributed by atoms with Crippen LogP contribution in [0, 0.1) is 116 Å². The van der Waals surface area contributed by atoms with Gasteiger partial charge in [0.2, 0.25) is 12.3 Å². The summed E-state index contributed by atoms with van der Waals surface area (Å²) in [6, 6.07) is 17.5. The Morgan fingerprint density at radius 1 is 0.400 bits per heavy atom. The van der Waals surface area contributed by atoms with E-state index in [0.717, 1.165) is 20.8 Å². The molecule has 0 saturated heterocycles. The Balaban J connectivity index is 0.000000289. The number of carbonyl (C=O) groups is 1. The van der Waals surface area contributed by atoms with Crippen LogP contribution >= 0.6 is 15.9 Å². The fraction of sp³-hybridized carbons (Fsp3) is 0.0244. The van der Waals surface area contributed by atoms with Gasteiger partial charge in [0.05, 0.1) is 0 Å². The lowest BCUT2D eigenvalue weighted by Crippen LogP contribution is -2.81. The number of pyridine rings is 1. The first kappa shape index (κ1) is 48.0. The molecule has 24 heteroatoms. The first-order valence-corrected chi connectivity index (χ1v) is 18.1. The van der Waals surface area contributed by atoms with Gasteiger partial charge >= 0.3 is 0 Å². The third kappa shape index (κ3) is 7.73. The van der Waals surface area contributed by atoms with Gasteiger partial charge in [-0.25, -0.2) is 87.8 Å². The predicted octanol–water partition coefficient (Wildman–Crippen LogP) is 9.62. The fourth-order valence-electron chi connectivity index (χ4n) is 7.06. The summed E-state index contributed by atoms with van der Waals surface area (Å²) in [5.74, 6) is -71.3. The topological polar surface area (TPSA) is 20.9 Å². The van der Waals surface area contributed by atoms with Gasteiger partial charge in [0.15, 0.2) is 82.2 Å². The van der Waals surface area contributed by atoms with Crippen LogP contribution < -0.4 is 26.4 Å². The molecular weight excluding hydrogens is 993 g/mol. The molecule has 1 heterocycles. The number of aromatic nitrogens is 1. The lowest BCUT2D eigenvalue weighted by Gasteiger charge is -2.44. The van der Waals surface area contributed by atoms with E-state index in [1.54, 1.807) is 0 Å². The van der Waals surface area contributed by atoms with Gasteiger partial charge in [0.25, 0.3) is 0 Å². The molecule has 65 heavy (non-hydrogen) atoms. The summed E-state index contributed by atoms with van der Waals surface area (Å²) in [4.78, 5) is 12.2. The van der Waals surface area contributed by atoms with Crippen molar-refractivity contribution in [1.29, 1.82) is 0 Å². The molecule has 0 unspecified atom stereocenters. The van der Waals surface area contributed by atoms with E-state index in [-0.39, 0.29) is 5.78 Å². The summed E-state index contributed by atoms with van der Waals surface area (Å²) in [5.41, 5.74) is -13.6. The molecule has 0 atom stereocenters. The molecule has 0 saturated carbocycles. The first-order valence-electron chi connectivity index (χ1n) is 17.3. The highest BCUT2D eigenvalue weighted by molar-refractivity contribution is 9.10. The van der Waals surface area contributed by atoms with Crippen LogP contribution in [0.2, 0.25) is 0 Å². The van der Waals surface area contributed by atoms with Gasteiger partial charge in [-0.05, 0) is 17.5 Å². The Labute approximate surface area is 357 Å². The Kier molecular flexibility index (Phi) is 13.2. The van der Waals surface area contributed by atoms with Crippen LogP contribution in [0.15, 0.2) is 71.5 Å². The number of hydrogen-bond acceptors (Lipinski definition) is 1. The molecule has 6 aromatic carbocycles. The summed E-state index contributed by atoms with van der Waals surface area (Å²) in [6.07, 6.45) is -3.27. The number of nitrogens with zero attached hydrogens (tertiary/aromatic N) is 1. The number of fused-ring (bicyclic) bond motifs is 1. The summed E-state index contributed by atoms with van der Waals surface area (Å²) in [5, 5.41) is 2.28. The smallest absolute Gasteiger partial charge is 0.227 e. The molecule has 2 nitrogen and oxygen atoms in total. The molecule has 0 N–H and O–H groups in total. The number of Topliss-reactive ketones (excluding diaryl/α,β-unsaturated/α-hetero) is 1. The van der Waals surface area contributed by atoms with Crippen molar-refractivity contribution < 1.29 is 97.2 Å². The highest BCUT2D eigenvalue weighted by Gasteiger charge is 2.52. The average molecular weight is 1010 g/mol. The van der Waals surface area contributed by atoms with E-state index in [0.29, 0.717) is 6.54 Å². The summed E-state index contributed by atoms with van der Waals surface area (Å²) in [6.45, 7) is 0.354. The lowest BCUT2D eigenvalue weighted by molar-refractivity contribution is -0.681. The summed E-state index contributed by atoms with van der Waals surface area (Å²) < 4.78 is 297. The molecule has 7 aromatic rings. The predicted molar refractivity (Wildman–Crippen MR) is 192 cm³/mol. The van der Waals surface area contributed by atoms with Crippen LogP contribution in [0.5, 0.6) is 0 Å². The van der Waals surface area contributed by atoms with Crippen molar-refractivity contribution in [2.24, 2.45) is 0 Å². The Morgan fingerprint density at radius 2 is 0.708 bits per heavy atom. The Hall–Kier alpha value is -6.46. The molecule has 0 aliphatic rings. The highest BCUT2D eigenvalue weighted by atomic mass is 79.9. The fourth-order valence-corrected chi connectivity index (χ4v) is 7.44. The van der Waals surface area contributed by atoms with E-state index in [9.17, 15) is 57.5 Å². The summed E-state index contributed by atoms with van der Waals surface area (Å²) >= 11 is 3.47. The van der Waals surface area contributed by atoms with Crippen LogP contribution in [0.1, 0.15) is 10.4 Å². The molecule has 0 aliphatic carbocycles. The van der Waals surface area contributed by atoms with Crippen molar-refractivity contribution in [3.05, 3.63) is 193 Å². The van der Waals surface area contributed by atoms with Gasteiger partial charge in [0.1, 0.15) is 52.7 Å². The lowest BCUT2D eigenvalue weighted by atomic mass is 9.12. The Bertz CT molecular complexity index is 2730. The SMILES string of the molecule is Fc1c(F)c(F)c([B-](c2c(F)c(F)c(F)c(F)c2F)(c2c(F)c(F)c(F)c(F)c2F)c2c(F)c(F)c(F)c(F)c2F)c(F)c1F.O=C(C[n+]1ccc2ccc(Br)cc2c1)c1ccccc1. The van der Waals surface area contributed by atoms with E-state index in [2.05, 4.69) is 28.1 Å². The molecule has 338 valence electrons. The number of carbonyl (C=O) groups excluding carboxylic acids is 1. The molecule has 0 spiro atoms. The molecule has 7 rings (SSSR count). The minimum Gasteiger partial charge on any atom is -0.287 e. The zero-order valence-electron chi connectivity index (χ0n) is 30.9. The van der Waals surface area contributed by atoms with E-state index in [4.69, 9.17) is 0 Å². The van der Waals surface area contributed by atoms with E-state index < -0.39 is 144 Å². The number of hydrogen-bond donors (Lipinski definition) is 0. The van der Waals surface area contributed by atoms with Crippen molar-refractivity contribution >= 4 is 60.5 Å². The number of ketones is 1. The number of benzene rings is 6. The quantitative estimate of drug-likeness (QED) is 0.0390. The highest BCUT2D eigenvalue weighted by Crippen LogP contribution is 2.31. The standard InChI is InChI=1S/C24BF20.C17H13BrNO/c26-5-1(6(27)14(35)21(42)13(5)34)25(2-7(28)15(36)22(43)16(37)8(2)29,3-9(30)17(38)23(44)18(39)10(3)31)4-11(32)19(40)24(45)20(41)12(4)33;18-16-7-6-13-8-9-19(11-15(13)10-16)12-17(20)14-4-2-1-3-5-14/h;1-11H,12H2/q-1;+1. The van der Waals surface area contributed by atoms with Gasteiger partial charge in [-0.15, -0.1) is 21.9 Å². The second-order valence-electron chi connectivity index (χ2n) is 13.5. The normalized spacial score (nSPS) is 11.6. The molecule has 0 aliphatic heterocycles. The molecular formula is C41H13BBrF20NO. The molecule has 0 fully saturated rings. The molecule has 0 amide bonds. The average Bonchev–Trinajstić information content (AvgIpc) is 3.29. The maximum atomic E-state index is 15.4. The van der Waals surface area contributed by atoms with Gasteiger partial charge < -0.3 is 0 Å². The summed E-state index contributed by atoms with van der Waals surface area (Å²) in [7, 11) is 0. The maximum Gasteiger partial charge on any atom is 0.227 e. The number of rotatable bonds is 7. The van der Waals surface area contributed by atoms with Gasteiger partial charge in [0, 0.05) is 21.5 Å². The van der Waals surface area contributed by atoms with E-state index in [1.165, 1.54) is 0 Å². The van der Waals surface area contributed by atoms with Crippen LogP contribution in [-0.2, 0) is 6.54 Å². The van der Waals surface area contributed by atoms with Crippen LogP contribution in [0.25, 0.3) is 10.8 Å². The van der Waals surface area contributed by atoms with E-state index in [1.807, 2.05) is 59.4 Å². The van der Waals surface area contributed by atoms with Crippen molar-refractivity contribution in [3.8, 4) is 0 Å². The van der Waals surface area contributed by atoms with Crippen molar-refractivity contribution in [2.45, 2.75) is 6.54 Å². The van der Waals surface area contributed by atoms with Crippen molar-refractivity contribution in [1.82, 2.24) is 0 Å². The van der Waals surface area contributed by atoms with Crippen molar-refractivity contribution in [3.63, 3.8) is 0 Å². The number of halogens is 21. The monoisotopic (exact) mass is 1000 g/mol. The largest absolute Gasteiger partial charge is 0.287 e. The minimum absolute atomic E-state index is 0.116. The third-order valence-corrected chi connectivity index (χ3v) is 10.4. The van der Waals surface area contributed by atoms with Gasteiger partial charge in [-0.2, -0.15) is 4.57 Å².